The van der Waals surface area contributed by atoms with Gasteiger partial charge in [-0.05, 0) is 42.7 Å². The van der Waals surface area contributed by atoms with Gasteiger partial charge in [-0.25, -0.2) is 4.79 Å². The van der Waals surface area contributed by atoms with E-state index in [0.29, 0.717) is 48.2 Å². The average molecular weight is 425 g/mol. The van der Waals surface area contributed by atoms with E-state index in [9.17, 15) is 14.9 Å². The molecule has 0 atom stereocenters. The Balaban J connectivity index is 1.46. The lowest BCUT2D eigenvalue weighted by atomic mass is 10.0. The molecule has 0 radical (unpaired) electrons. The van der Waals surface area contributed by atoms with Crippen molar-refractivity contribution in [2.24, 2.45) is 0 Å². The van der Waals surface area contributed by atoms with E-state index >= 15 is 0 Å². The Hall–Kier alpha value is -3.51. The van der Waals surface area contributed by atoms with Crippen molar-refractivity contribution in [3.8, 4) is 17.6 Å². The minimum Gasteiger partial charge on any atom is -0.454 e. The summed E-state index contributed by atoms with van der Waals surface area (Å²) in [6.07, 6.45) is 3.25. The number of benzene rings is 1. The molecule has 0 fully saturated rings. The molecule has 0 aliphatic carbocycles. The van der Waals surface area contributed by atoms with E-state index in [-0.39, 0.29) is 18.8 Å². The van der Waals surface area contributed by atoms with Crippen molar-refractivity contribution in [3.05, 3.63) is 45.8 Å². The zero-order valence-electron chi connectivity index (χ0n) is 16.3. The molecule has 1 aromatic carbocycles. The molecule has 2 aliphatic rings. The van der Waals surface area contributed by atoms with Gasteiger partial charge < -0.3 is 24.4 Å². The lowest BCUT2D eigenvalue weighted by Crippen LogP contribution is -2.35. The molecule has 2 aliphatic heterocycles. The number of rotatable bonds is 4. The quantitative estimate of drug-likeness (QED) is 0.753. The van der Waals surface area contributed by atoms with Crippen molar-refractivity contribution >= 4 is 34.4 Å². The normalized spacial score (nSPS) is 14.3. The third-order valence-corrected chi connectivity index (χ3v) is 5.89. The van der Waals surface area contributed by atoms with Gasteiger partial charge in [-0.1, -0.05) is 6.07 Å². The summed E-state index contributed by atoms with van der Waals surface area (Å²) >= 11 is 1.32. The fourth-order valence-corrected chi connectivity index (χ4v) is 4.54. The van der Waals surface area contributed by atoms with E-state index in [1.165, 1.54) is 17.4 Å². The lowest BCUT2D eigenvalue weighted by Gasteiger charge is -2.25. The van der Waals surface area contributed by atoms with Crippen LogP contribution < -0.4 is 14.8 Å². The van der Waals surface area contributed by atoms with Crippen molar-refractivity contribution in [3.63, 3.8) is 0 Å². The molecule has 0 saturated carbocycles. The molecule has 3 heterocycles. The van der Waals surface area contributed by atoms with E-state index in [4.69, 9.17) is 14.2 Å². The number of carbonyl (C=O) groups excluding carboxylic acids is 2. The molecule has 0 unspecified atom stereocenters. The van der Waals surface area contributed by atoms with Gasteiger partial charge in [0.1, 0.15) is 11.1 Å². The van der Waals surface area contributed by atoms with Crippen molar-refractivity contribution in [1.82, 2.24) is 4.90 Å². The molecule has 0 bridgehead atoms. The van der Waals surface area contributed by atoms with Crippen LogP contribution in [0, 0.1) is 11.3 Å². The highest BCUT2D eigenvalue weighted by Crippen LogP contribution is 2.37. The molecule has 2 amide bonds. The Labute approximate surface area is 177 Å². The molecule has 30 heavy (non-hydrogen) atoms. The smallest absolute Gasteiger partial charge is 0.410 e. The summed E-state index contributed by atoms with van der Waals surface area (Å²) in [5, 5.41) is 12.9. The number of nitrogens with one attached hydrogen (secondary N) is 1. The molecule has 154 valence electrons. The van der Waals surface area contributed by atoms with Gasteiger partial charge in [0.15, 0.2) is 11.5 Å². The van der Waals surface area contributed by atoms with Gasteiger partial charge in [0, 0.05) is 17.5 Å². The number of nitriles is 1. The van der Waals surface area contributed by atoms with Crippen LogP contribution in [-0.4, -0.2) is 36.8 Å². The maximum atomic E-state index is 12.4. The summed E-state index contributed by atoms with van der Waals surface area (Å²) in [5.41, 5.74) is 2.15. The number of hydrogen-bond acceptors (Lipinski definition) is 7. The summed E-state index contributed by atoms with van der Waals surface area (Å²) < 4.78 is 15.7. The average Bonchev–Trinajstić information content (AvgIpc) is 3.35. The molecular weight excluding hydrogens is 406 g/mol. The highest BCUT2D eigenvalue weighted by Gasteiger charge is 2.28. The number of nitrogens with zero attached hydrogens (tertiary/aromatic N) is 2. The minimum absolute atomic E-state index is 0.191. The first-order valence-corrected chi connectivity index (χ1v) is 10.3. The first-order chi connectivity index (χ1) is 14.6. The Bertz CT molecular complexity index is 1070. The van der Waals surface area contributed by atoms with Crippen LogP contribution in [0.25, 0.3) is 6.08 Å². The molecule has 0 spiro atoms. The highest BCUT2D eigenvalue weighted by atomic mass is 32.1. The van der Waals surface area contributed by atoms with Gasteiger partial charge in [-0.3, -0.25) is 4.79 Å². The summed E-state index contributed by atoms with van der Waals surface area (Å²) in [6, 6.07) is 7.59. The van der Waals surface area contributed by atoms with Gasteiger partial charge in [-0.15, -0.1) is 11.3 Å². The van der Waals surface area contributed by atoms with Crippen LogP contribution in [0.1, 0.15) is 28.5 Å². The van der Waals surface area contributed by atoms with Crippen molar-refractivity contribution in [2.45, 2.75) is 19.9 Å². The third-order valence-electron chi connectivity index (χ3n) is 4.76. The number of amides is 2. The largest absolute Gasteiger partial charge is 0.454 e. The van der Waals surface area contributed by atoms with Gasteiger partial charge >= 0.3 is 6.09 Å². The molecule has 1 aromatic heterocycles. The number of ether oxygens (including phenoxy) is 3. The fourth-order valence-electron chi connectivity index (χ4n) is 3.32. The van der Waals surface area contributed by atoms with Crippen LogP contribution in [0.4, 0.5) is 9.80 Å². The molecular formula is C21H19N3O5S. The van der Waals surface area contributed by atoms with Crippen molar-refractivity contribution < 1.29 is 23.8 Å². The monoisotopic (exact) mass is 425 g/mol. The molecule has 4 rings (SSSR count). The third kappa shape index (κ3) is 3.95. The number of carbonyl (C=O) groups is 2. The highest BCUT2D eigenvalue weighted by molar-refractivity contribution is 7.16. The standard InChI is InChI=1S/C21H19N3O5S/c1-2-27-21(26)24-8-7-14-15(10-22)20(30-18(14)11-24)23-19(25)6-4-13-3-5-16-17(9-13)29-12-28-16/h3-6,9H,2,7-8,11-12H2,1H3,(H,23,25). The van der Waals surface area contributed by atoms with Crippen molar-refractivity contribution in [1.29, 1.82) is 5.26 Å². The molecule has 0 saturated heterocycles. The predicted molar refractivity (Wildman–Crippen MR) is 110 cm³/mol. The Kier molecular flexibility index (Phi) is 5.59. The van der Waals surface area contributed by atoms with Crippen LogP contribution in [0.15, 0.2) is 24.3 Å². The lowest BCUT2D eigenvalue weighted by molar-refractivity contribution is -0.111. The van der Waals surface area contributed by atoms with Crippen LogP contribution in [-0.2, 0) is 22.5 Å². The van der Waals surface area contributed by atoms with E-state index in [2.05, 4.69) is 11.4 Å². The molecule has 8 nitrogen and oxygen atoms in total. The van der Waals surface area contributed by atoms with Crippen LogP contribution in [0.5, 0.6) is 11.5 Å². The van der Waals surface area contributed by atoms with Gasteiger partial charge in [0.05, 0.1) is 18.7 Å². The molecule has 9 heteroatoms. The number of anilines is 1. The Morgan fingerprint density at radius 1 is 1.37 bits per heavy atom. The van der Waals surface area contributed by atoms with Gasteiger partial charge in [0.25, 0.3) is 0 Å². The topological polar surface area (TPSA) is 101 Å². The van der Waals surface area contributed by atoms with E-state index in [1.54, 1.807) is 30.0 Å². The van der Waals surface area contributed by atoms with E-state index in [1.807, 2.05) is 6.07 Å². The predicted octanol–water partition coefficient (Wildman–Crippen LogP) is 3.51. The van der Waals surface area contributed by atoms with Crippen LogP contribution in [0.3, 0.4) is 0 Å². The van der Waals surface area contributed by atoms with E-state index < -0.39 is 0 Å². The Morgan fingerprint density at radius 3 is 3.00 bits per heavy atom. The first kappa shape index (κ1) is 19.8. The number of hydrogen-bond donors (Lipinski definition) is 1. The minimum atomic E-state index is -0.368. The second kappa shape index (κ2) is 8.47. The number of thiophene rings is 1. The zero-order valence-corrected chi connectivity index (χ0v) is 17.1. The summed E-state index contributed by atoms with van der Waals surface area (Å²) in [4.78, 5) is 26.9. The summed E-state index contributed by atoms with van der Waals surface area (Å²) in [5.74, 6) is 0.975. The van der Waals surface area contributed by atoms with E-state index in [0.717, 1.165) is 16.0 Å². The van der Waals surface area contributed by atoms with Gasteiger partial charge in [0.2, 0.25) is 12.7 Å². The second-order valence-corrected chi connectivity index (χ2v) is 7.73. The second-order valence-electron chi connectivity index (χ2n) is 6.63. The maximum absolute atomic E-state index is 12.4. The zero-order chi connectivity index (χ0) is 21.1. The van der Waals surface area contributed by atoms with Crippen LogP contribution >= 0.6 is 11.3 Å². The van der Waals surface area contributed by atoms with Gasteiger partial charge in [-0.2, -0.15) is 5.26 Å². The number of fused-ring (bicyclic) bond motifs is 2. The maximum Gasteiger partial charge on any atom is 0.410 e. The Morgan fingerprint density at radius 2 is 2.20 bits per heavy atom. The first-order valence-electron chi connectivity index (χ1n) is 9.44. The van der Waals surface area contributed by atoms with Crippen molar-refractivity contribution in [2.75, 3.05) is 25.3 Å². The fraction of sp³-hybridized carbons (Fsp3) is 0.286. The molecule has 1 N–H and O–H groups in total. The van der Waals surface area contributed by atoms with Crippen LogP contribution in [0.2, 0.25) is 0 Å². The SMILES string of the molecule is CCOC(=O)N1CCc2c(sc(NC(=O)C=Cc3ccc4c(c3)OCO4)c2C#N)C1. The summed E-state index contributed by atoms with van der Waals surface area (Å²) in [7, 11) is 0. The molecule has 2 aromatic rings. The summed E-state index contributed by atoms with van der Waals surface area (Å²) in [6.45, 7) is 3.12.